The highest BCUT2D eigenvalue weighted by Crippen LogP contribution is 2.27. The summed E-state index contributed by atoms with van der Waals surface area (Å²) in [7, 11) is 0. The summed E-state index contributed by atoms with van der Waals surface area (Å²) in [6.45, 7) is 8.27. The van der Waals surface area contributed by atoms with Crippen molar-refractivity contribution in [3.8, 4) is 5.88 Å². The number of hydrogen-bond acceptors (Lipinski definition) is 4. The van der Waals surface area contributed by atoms with Gasteiger partial charge in [0.1, 0.15) is 0 Å². The molecule has 0 bridgehead atoms. The first-order valence-electron chi connectivity index (χ1n) is 6.82. The second-order valence-corrected chi connectivity index (χ2v) is 5.60. The van der Waals surface area contributed by atoms with Crippen molar-refractivity contribution in [2.24, 2.45) is 5.92 Å². The van der Waals surface area contributed by atoms with Crippen LogP contribution in [0, 0.1) is 12.8 Å². The fourth-order valence-electron chi connectivity index (χ4n) is 2.43. The third kappa shape index (κ3) is 3.59. The lowest BCUT2D eigenvalue weighted by atomic mass is 10.1. The molecule has 1 fully saturated rings. The summed E-state index contributed by atoms with van der Waals surface area (Å²) in [5, 5.41) is 3.42. The molecule has 2 unspecified atom stereocenters. The van der Waals surface area contributed by atoms with E-state index < -0.39 is 0 Å². The molecule has 1 aliphatic rings. The Morgan fingerprint density at radius 1 is 1.33 bits per heavy atom. The number of rotatable bonds is 4. The van der Waals surface area contributed by atoms with Crippen LogP contribution < -0.4 is 10.1 Å². The number of anilines is 1. The Morgan fingerprint density at radius 2 is 2.11 bits per heavy atom. The summed E-state index contributed by atoms with van der Waals surface area (Å²) < 4.78 is 5.63. The highest BCUT2D eigenvalue weighted by atomic mass is 16.5. The van der Waals surface area contributed by atoms with Gasteiger partial charge in [-0.1, -0.05) is 6.92 Å². The summed E-state index contributed by atoms with van der Waals surface area (Å²) in [6, 6.07) is 2.39. The summed E-state index contributed by atoms with van der Waals surface area (Å²) in [5.74, 6) is 2.16. The maximum atomic E-state index is 5.63. The van der Waals surface area contributed by atoms with Gasteiger partial charge in [0.05, 0.1) is 6.10 Å². The molecular weight excluding hydrogens is 226 g/mol. The highest BCUT2D eigenvalue weighted by molar-refractivity contribution is 5.32. The third-order valence-electron chi connectivity index (χ3n) is 3.22. The first-order valence-corrected chi connectivity index (χ1v) is 6.82. The zero-order valence-corrected chi connectivity index (χ0v) is 11.7. The normalized spacial score (nSPS) is 23.4. The molecule has 4 nitrogen and oxygen atoms in total. The van der Waals surface area contributed by atoms with Gasteiger partial charge >= 0.3 is 0 Å². The van der Waals surface area contributed by atoms with Gasteiger partial charge in [-0.05, 0) is 46.0 Å². The Balaban J connectivity index is 2.05. The lowest BCUT2D eigenvalue weighted by molar-refractivity contribution is 0.232. The van der Waals surface area contributed by atoms with Gasteiger partial charge in [-0.2, -0.15) is 4.98 Å². The lowest BCUT2D eigenvalue weighted by Crippen LogP contribution is -2.18. The predicted octanol–water partition coefficient (Wildman–Crippen LogP) is 3.17. The summed E-state index contributed by atoms with van der Waals surface area (Å²) in [4.78, 5) is 8.85. The maximum absolute atomic E-state index is 5.63. The SMILES string of the molecule is Cc1cc(OC(C)C)nc(NC2CCC(C)C2)n1. The van der Waals surface area contributed by atoms with Crippen molar-refractivity contribution in [2.45, 2.75) is 59.1 Å². The van der Waals surface area contributed by atoms with Gasteiger partial charge in [0, 0.05) is 17.8 Å². The van der Waals surface area contributed by atoms with Crippen LogP contribution in [0.2, 0.25) is 0 Å². The molecule has 0 amide bonds. The van der Waals surface area contributed by atoms with Crippen LogP contribution in [-0.2, 0) is 0 Å². The van der Waals surface area contributed by atoms with E-state index in [0.29, 0.717) is 17.9 Å². The quantitative estimate of drug-likeness (QED) is 0.890. The Hall–Kier alpha value is -1.32. The minimum absolute atomic E-state index is 0.138. The van der Waals surface area contributed by atoms with E-state index in [9.17, 15) is 0 Å². The predicted molar refractivity (Wildman–Crippen MR) is 73.0 cm³/mol. The van der Waals surface area contributed by atoms with Gasteiger partial charge < -0.3 is 10.1 Å². The molecule has 1 aromatic rings. The van der Waals surface area contributed by atoms with Crippen LogP contribution in [0.3, 0.4) is 0 Å². The van der Waals surface area contributed by atoms with E-state index in [-0.39, 0.29) is 6.10 Å². The van der Waals surface area contributed by atoms with Crippen LogP contribution in [0.15, 0.2) is 6.07 Å². The lowest BCUT2D eigenvalue weighted by Gasteiger charge is -2.15. The van der Waals surface area contributed by atoms with E-state index in [2.05, 4.69) is 22.2 Å². The van der Waals surface area contributed by atoms with Crippen molar-refractivity contribution in [3.05, 3.63) is 11.8 Å². The van der Waals surface area contributed by atoms with E-state index in [1.165, 1.54) is 19.3 Å². The van der Waals surface area contributed by atoms with Crippen molar-refractivity contribution in [2.75, 3.05) is 5.32 Å². The molecule has 0 spiro atoms. The van der Waals surface area contributed by atoms with Crippen molar-refractivity contribution >= 4 is 5.95 Å². The topological polar surface area (TPSA) is 47.0 Å². The van der Waals surface area contributed by atoms with Crippen LogP contribution in [0.1, 0.15) is 45.7 Å². The second-order valence-electron chi connectivity index (χ2n) is 5.60. The summed E-state index contributed by atoms with van der Waals surface area (Å²) >= 11 is 0. The molecule has 1 N–H and O–H groups in total. The Morgan fingerprint density at radius 3 is 2.72 bits per heavy atom. The number of hydrogen-bond donors (Lipinski definition) is 1. The minimum atomic E-state index is 0.138. The van der Waals surface area contributed by atoms with Crippen LogP contribution in [-0.4, -0.2) is 22.1 Å². The van der Waals surface area contributed by atoms with Crippen molar-refractivity contribution in [3.63, 3.8) is 0 Å². The molecule has 1 aromatic heterocycles. The Labute approximate surface area is 109 Å². The monoisotopic (exact) mass is 249 g/mol. The van der Waals surface area contributed by atoms with Gasteiger partial charge in [0.25, 0.3) is 0 Å². The molecular formula is C14H23N3O. The number of nitrogens with one attached hydrogen (secondary N) is 1. The van der Waals surface area contributed by atoms with Gasteiger partial charge in [-0.15, -0.1) is 0 Å². The fraction of sp³-hybridized carbons (Fsp3) is 0.714. The fourth-order valence-corrected chi connectivity index (χ4v) is 2.43. The molecule has 100 valence electrons. The molecule has 1 heterocycles. The summed E-state index contributed by atoms with van der Waals surface area (Å²) in [5.41, 5.74) is 0.939. The summed E-state index contributed by atoms with van der Waals surface area (Å²) in [6.07, 6.45) is 3.84. The molecule has 0 saturated heterocycles. The Bertz CT molecular complexity index is 406. The number of aryl methyl sites for hydroxylation is 1. The molecule has 0 aromatic carbocycles. The van der Waals surface area contributed by atoms with Gasteiger partial charge in [0.2, 0.25) is 11.8 Å². The number of aromatic nitrogens is 2. The zero-order chi connectivity index (χ0) is 13.1. The van der Waals surface area contributed by atoms with E-state index in [1.807, 2.05) is 26.8 Å². The van der Waals surface area contributed by atoms with Crippen molar-refractivity contribution in [1.29, 1.82) is 0 Å². The van der Waals surface area contributed by atoms with Gasteiger partial charge in [-0.25, -0.2) is 4.98 Å². The minimum Gasteiger partial charge on any atom is -0.475 e. The molecule has 1 saturated carbocycles. The second kappa shape index (κ2) is 5.55. The Kier molecular flexibility index (Phi) is 4.04. The van der Waals surface area contributed by atoms with Crippen LogP contribution in [0.4, 0.5) is 5.95 Å². The van der Waals surface area contributed by atoms with Crippen LogP contribution in [0.5, 0.6) is 5.88 Å². The average molecular weight is 249 g/mol. The van der Waals surface area contributed by atoms with E-state index in [0.717, 1.165) is 11.6 Å². The first-order chi connectivity index (χ1) is 8.52. The molecule has 4 heteroatoms. The van der Waals surface area contributed by atoms with Crippen molar-refractivity contribution in [1.82, 2.24) is 9.97 Å². The smallest absolute Gasteiger partial charge is 0.226 e. The number of ether oxygens (including phenoxy) is 1. The van der Waals surface area contributed by atoms with Crippen molar-refractivity contribution < 1.29 is 4.74 Å². The average Bonchev–Trinajstić information content (AvgIpc) is 2.61. The molecule has 0 radical (unpaired) electrons. The standard InChI is InChI=1S/C14H23N3O/c1-9(2)18-13-8-11(4)15-14(17-13)16-12-6-5-10(3)7-12/h8-10,12H,5-7H2,1-4H3,(H,15,16,17). The van der Waals surface area contributed by atoms with E-state index in [1.54, 1.807) is 0 Å². The van der Waals surface area contributed by atoms with Gasteiger partial charge in [-0.3, -0.25) is 0 Å². The van der Waals surface area contributed by atoms with Gasteiger partial charge in [0.15, 0.2) is 0 Å². The van der Waals surface area contributed by atoms with E-state index in [4.69, 9.17) is 4.74 Å². The number of nitrogens with zero attached hydrogens (tertiary/aromatic N) is 2. The molecule has 2 rings (SSSR count). The molecule has 0 aliphatic heterocycles. The molecule has 1 aliphatic carbocycles. The maximum Gasteiger partial charge on any atom is 0.226 e. The zero-order valence-electron chi connectivity index (χ0n) is 11.7. The molecule has 18 heavy (non-hydrogen) atoms. The van der Waals surface area contributed by atoms with E-state index >= 15 is 0 Å². The van der Waals surface area contributed by atoms with Crippen LogP contribution in [0.25, 0.3) is 0 Å². The first kappa shape index (κ1) is 13.1. The highest BCUT2D eigenvalue weighted by Gasteiger charge is 2.22. The van der Waals surface area contributed by atoms with Crippen LogP contribution >= 0.6 is 0 Å². The largest absolute Gasteiger partial charge is 0.475 e. The molecule has 2 atom stereocenters. The third-order valence-corrected chi connectivity index (χ3v) is 3.22.